The minimum atomic E-state index is 0.204. The van der Waals surface area contributed by atoms with Gasteiger partial charge in [0.05, 0.1) is 0 Å². The van der Waals surface area contributed by atoms with E-state index in [1.54, 1.807) is 12.4 Å². The lowest BCUT2D eigenvalue weighted by atomic mass is 10.0. The van der Waals surface area contributed by atoms with E-state index < -0.39 is 0 Å². The lowest BCUT2D eigenvalue weighted by Gasteiger charge is -2.01. The number of pyridine rings is 1. The Balaban J connectivity index is 2.32. The van der Waals surface area contributed by atoms with Gasteiger partial charge in [-0.25, -0.2) is 0 Å². The highest BCUT2D eigenvalue weighted by Crippen LogP contribution is 2.09. The number of aromatic nitrogens is 1. The van der Waals surface area contributed by atoms with Gasteiger partial charge < -0.3 is 0 Å². The molecular formula is C14H19NO. The van der Waals surface area contributed by atoms with Crippen molar-refractivity contribution in [1.29, 1.82) is 0 Å². The van der Waals surface area contributed by atoms with E-state index >= 15 is 0 Å². The zero-order valence-electron chi connectivity index (χ0n) is 9.91. The summed E-state index contributed by atoms with van der Waals surface area (Å²) in [6.07, 6.45) is 10.2. The predicted molar refractivity (Wildman–Crippen MR) is 66.6 cm³/mol. The van der Waals surface area contributed by atoms with Crippen molar-refractivity contribution in [2.24, 2.45) is 0 Å². The summed E-state index contributed by atoms with van der Waals surface area (Å²) < 4.78 is 0. The van der Waals surface area contributed by atoms with E-state index in [4.69, 9.17) is 0 Å². The first-order valence-electron chi connectivity index (χ1n) is 5.80. The fourth-order valence-electron chi connectivity index (χ4n) is 1.60. The van der Waals surface area contributed by atoms with Gasteiger partial charge in [-0.15, -0.1) is 6.58 Å². The van der Waals surface area contributed by atoms with Gasteiger partial charge >= 0.3 is 0 Å². The number of carbonyl (C=O) groups excluding carboxylic acids is 1. The van der Waals surface area contributed by atoms with Crippen molar-refractivity contribution in [3.05, 3.63) is 42.2 Å². The molecule has 0 aliphatic heterocycles. The van der Waals surface area contributed by atoms with Crippen molar-refractivity contribution >= 4 is 5.78 Å². The van der Waals surface area contributed by atoms with Crippen LogP contribution in [0, 0.1) is 6.92 Å². The van der Waals surface area contributed by atoms with Crippen LogP contribution in [-0.2, 0) is 0 Å². The molecule has 0 fully saturated rings. The SMILES string of the molecule is C=CCCCCCC(=O)c1cncc(C)c1. The van der Waals surface area contributed by atoms with Crippen LogP contribution in [0.3, 0.4) is 0 Å². The Kier molecular flexibility index (Phi) is 5.48. The van der Waals surface area contributed by atoms with Crippen LogP contribution >= 0.6 is 0 Å². The topological polar surface area (TPSA) is 30.0 Å². The van der Waals surface area contributed by atoms with Gasteiger partial charge in [0.1, 0.15) is 0 Å². The second-order valence-electron chi connectivity index (χ2n) is 4.06. The number of nitrogens with zero attached hydrogens (tertiary/aromatic N) is 1. The van der Waals surface area contributed by atoms with Crippen LogP contribution in [0.25, 0.3) is 0 Å². The van der Waals surface area contributed by atoms with Crippen LogP contribution in [0.5, 0.6) is 0 Å². The zero-order chi connectivity index (χ0) is 11.8. The summed E-state index contributed by atoms with van der Waals surface area (Å²) in [6.45, 7) is 5.63. The summed E-state index contributed by atoms with van der Waals surface area (Å²) >= 11 is 0. The average molecular weight is 217 g/mol. The smallest absolute Gasteiger partial charge is 0.164 e. The van der Waals surface area contributed by atoms with E-state index in [0.29, 0.717) is 6.42 Å². The van der Waals surface area contributed by atoms with Gasteiger partial charge in [0.25, 0.3) is 0 Å². The molecule has 2 nitrogen and oxygen atoms in total. The number of carbonyl (C=O) groups is 1. The summed E-state index contributed by atoms with van der Waals surface area (Å²) in [4.78, 5) is 15.8. The number of hydrogen-bond acceptors (Lipinski definition) is 2. The fourth-order valence-corrected chi connectivity index (χ4v) is 1.60. The molecule has 0 atom stereocenters. The van der Waals surface area contributed by atoms with Gasteiger partial charge in [0, 0.05) is 24.4 Å². The van der Waals surface area contributed by atoms with Crippen molar-refractivity contribution in [1.82, 2.24) is 4.98 Å². The van der Waals surface area contributed by atoms with Gasteiger partial charge in [-0.05, 0) is 37.8 Å². The monoisotopic (exact) mass is 217 g/mol. The van der Waals surface area contributed by atoms with E-state index in [2.05, 4.69) is 11.6 Å². The first-order chi connectivity index (χ1) is 7.74. The third kappa shape index (κ3) is 4.39. The fraction of sp³-hybridized carbons (Fsp3) is 0.429. The number of Topliss-reactive ketones (excluding diaryl/α,β-unsaturated/α-hetero) is 1. The zero-order valence-corrected chi connectivity index (χ0v) is 9.91. The van der Waals surface area contributed by atoms with Gasteiger partial charge in [-0.2, -0.15) is 0 Å². The molecule has 0 saturated carbocycles. The summed E-state index contributed by atoms with van der Waals surface area (Å²) in [5, 5.41) is 0. The number of ketones is 1. The van der Waals surface area contributed by atoms with E-state index in [1.165, 1.54) is 0 Å². The number of hydrogen-bond donors (Lipinski definition) is 0. The summed E-state index contributed by atoms with van der Waals surface area (Å²) in [5.74, 6) is 0.204. The Morgan fingerprint density at radius 1 is 1.38 bits per heavy atom. The first kappa shape index (κ1) is 12.6. The van der Waals surface area contributed by atoms with Crippen LogP contribution in [0.4, 0.5) is 0 Å². The molecule has 2 heteroatoms. The lowest BCUT2D eigenvalue weighted by Crippen LogP contribution is -2.00. The Hall–Kier alpha value is -1.44. The van der Waals surface area contributed by atoms with Gasteiger partial charge in [-0.3, -0.25) is 9.78 Å². The van der Waals surface area contributed by atoms with Gasteiger partial charge in [0.15, 0.2) is 5.78 Å². The van der Waals surface area contributed by atoms with Crippen molar-refractivity contribution in [2.75, 3.05) is 0 Å². The molecule has 0 amide bonds. The largest absolute Gasteiger partial charge is 0.294 e. The molecule has 0 bridgehead atoms. The maximum absolute atomic E-state index is 11.8. The molecule has 0 unspecified atom stereocenters. The summed E-state index contributed by atoms with van der Waals surface area (Å²) in [5.41, 5.74) is 1.78. The summed E-state index contributed by atoms with van der Waals surface area (Å²) in [6, 6.07) is 1.90. The number of allylic oxidation sites excluding steroid dienone is 1. The number of rotatable bonds is 7. The van der Waals surface area contributed by atoms with E-state index in [-0.39, 0.29) is 5.78 Å². The quantitative estimate of drug-likeness (QED) is 0.396. The van der Waals surface area contributed by atoms with Crippen molar-refractivity contribution in [2.45, 2.75) is 39.0 Å². The molecule has 0 N–H and O–H groups in total. The van der Waals surface area contributed by atoms with Crippen LogP contribution in [0.2, 0.25) is 0 Å². The van der Waals surface area contributed by atoms with Crippen LogP contribution < -0.4 is 0 Å². The molecule has 1 aromatic rings. The second-order valence-corrected chi connectivity index (χ2v) is 4.06. The Labute approximate surface area is 97.4 Å². The van der Waals surface area contributed by atoms with E-state index in [9.17, 15) is 4.79 Å². The van der Waals surface area contributed by atoms with Crippen LogP contribution in [0.15, 0.2) is 31.1 Å². The highest BCUT2D eigenvalue weighted by atomic mass is 16.1. The molecule has 0 saturated heterocycles. The Bertz CT molecular complexity index is 358. The minimum Gasteiger partial charge on any atom is -0.294 e. The first-order valence-corrected chi connectivity index (χ1v) is 5.80. The third-order valence-electron chi connectivity index (χ3n) is 2.51. The van der Waals surface area contributed by atoms with Crippen molar-refractivity contribution in [3.63, 3.8) is 0 Å². The van der Waals surface area contributed by atoms with Crippen LogP contribution in [0.1, 0.15) is 48.0 Å². The van der Waals surface area contributed by atoms with E-state index in [0.717, 1.165) is 36.8 Å². The van der Waals surface area contributed by atoms with Gasteiger partial charge in [-0.1, -0.05) is 12.5 Å². The number of aryl methyl sites for hydroxylation is 1. The second kappa shape index (κ2) is 6.94. The standard InChI is InChI=1S/C14H19NO/c1-3-4-5-6-7-8-14(16)13-9-12(2)10-15-11-13/h3,9-11H,1,4-8H2,2H3. The molecule has 0 aliphatic carbocycles. The average Bonchev–Trinajstić information content (AvgIpc) is 2.28. The van der Waals surface area contributed by atoms with Crippen molar-refractivity contribution in [3.8, 4) is 0 Å². The normalized spacial score (nSPS) is 10.1. The van der Waals surface area contributed by atoms with Crippen LogP contribution in [-0.4, -0.2) is 10.8 Å². The maximum Gasteiger partial charge on any atom is 0.164 e. The number of unbranched alkanes of at least 4 members (excludes halogenated alkanes) is 3. The molecular weight excluding hydrogens is 198 g/mol. The minimum absolute atomic E-state index is 0.204. The lowest BCUT2D eigenvalue weighted by molar-refractivity contribution is 0.0979. The molecule has 1 rings (SSSR count). The van der Waals surface area contributed by atoms with Crippen molar-refractivity contribution < 1.29 is 4.79 Å². The maximum atomic E-state index is 11.8. The summed E-state index contributed by atoms with van der Waals surface area (Å²) in [7, 11) is 0. The molecule has 0 radical (unpaired) electrons. The molecule has 1 aromatic heterocycles. The molecule has 0 spiro atoms. The molecule has 86 valence electrons. The predicted octanol–water partition coefficient (Wildman–Crippen LogP) is 3.71. The Morgan fingerprint density at radius 2 is 2.19 bits per heavy atom. The van der Waals surface area contributed by atoms with Gasteiger partial charge in [0.2, 0.25) is 0 Å². The Morgan fingerprint density at radius 3 is 2.88 bits per heavy atom. The molecule has 0 aliphatic rings. The third-order valence-corrected chi connectivity index (χ3v) is 2.51. The van der Waals surface area contributed by atoms with E-state index in [1.807, 2.05) is 19.1 Å². The highest BCUT2D eigenvalue weighted by molar-refractivity contribution is 5.95. The molecule has 16 heavy (non-hydrogen) atoms. The molecule has 0 aromatic carbocycles. The highest BCUT2D eigenvalue weighted by Gasteiger charge is 2.05. The molecule has 1 heterocycles.